The molecular formula is C11H5F2N3O3. The molecule has 0 amide bonds. The highest BCUT2D eigenvalue weighted by atomic mass is 19.1. The van der Waals surface area contributed by atoms with Crippen LogP contribution in [-0.2, 0) is 0 Å². The Balaban J connectivity index is 2.63. The molecule has 0 aliphatic rings. The van der Waals surface area contributed by atoms with Crippen molar-refractivity contribution < 1.29 is 18.5 Å². The van der Waals surface area contributed by atoms with E-state index in [1.54, 1.807) is 0 Å². The Kier molecular flexibility index (Phi) is 3.23. The van der Waals surface area contributed by atoms with Gasteiger partial charge in [-0.2, -0.15) is 4.39 Å². The first kappa shape index (κ1) is 12.7. The summed E-state index contributed by atoms with van der Waals surface area (Å²) in [7, 11) is 0. The molecule has 1 heterocycles. The molecule has 8 heteroatoms. The zero-order valence-electron chi connectivity index (χ0n) is 9.21. The van der Waals surface area contributed by atoms with Crippen molar-refractivity contribution in [3.63, 3.8) is 0 Å². The second-order valence-corrected chi connectivity index (χ2v) is 3.47. The number of hydrogen-bond acceptors (Lipinski definition) is 5. The maximum absolute atomic E-state index is 13.8. The second-order valence-electron chi connectivity index (χ2n) is 3.47. The molecule has 0 spiro atoms. The van der Waals surface area contributed by atoms with E-state index in [0.29, 0.717) is 12.4 Å². The number of hydrogen-bond donors (Lipinski definition) is 0. The van der Waals surface area contributed by atoms with Gasteiger partial charge in [-0.25, -0.2) is 14.4 Å². The van der Waals surface area contributed by atoms with E-state index >= 15 is 0 Å². The van der Waals surface area contributed by atoms with Gasteiger partial charge >= 0.3 is 5.69 Å². The van der Waals surface area contributed by atoms with Crippen molar-refractivity contribution in [1.82, 2.24) is 9.97 Å². The third kappa shape index (κ3) is 2.28. The van der Waals surface area contributed by atoms with E-state index < -0.39 is 27.8 Å². The third-order valence-corrected chi connectivity index (χ3v) is 2.30. The van der Waals surface area contributed by atoms with Gasteiger partial charge < -0.3 is 0 Å². The summed E-state index contributed by atoms with van der Waals surface area (Å²) in [4.78, 5) is 27.2. The number of halogens is 2. The fraction of sp³-hybridized carbons (Fsp3) is 0. The van der Waals surface area contributed by atoms with Gasteiger partial charge in [0.05, 0.1) is 16.1 Å². The normalized spacial score (nSPS) is 10.2. The van der Waals surface area contributed by atoms with Gasteiger partial charge in [0.15, 0.2) is 12.1 Å². The molecule has 2 aromatic rings. The predicted octanol–water partition coefficient (Wildman–Crippen LogP) is 2.14. The van der Waals surface area contributed by atoms with Gasteiger partial charge in [-0.05, 0) is 6.07 Å². The van der Waals surface area contributed by atoms with Crippen molar-refractivity contribution in [3.8, 4) is 11.4 Å². The molecule has 2 rings (SSSR count). The number of rotatable bonds is 3. The van der Waals surface area contributed by atoms with Crippen molar-refractivity contribution in [2.24, 2.45) is 0 Å². The molecule has 0 aliphatic heterocycles. The Morgan fingerprint density at radius 3 is 2.37 bits per heavy atom. The number of benzene rings is 1. The minimum Gasteiger partial charge on any atom is -0.298 e. The van der Waals surface area contributed by atoms with Gasteiger partial charge in [0.1, 0.15) is 5.82 Å². The van der Waals surface area contributed by atoms with Crippen LogP contribution in [0.2, 0.25) is 0 Å². The molecule has 19 heavy (non-hydrogen) atoms. The quantitative estimate of drug-likeness (QED) is 0.482. The van der Waals surface area contributed by atoms with Crippen molar-refractivity contribution in [1.29, 1.82) is 0 Å². The fourth-order valence-corrected chi connectivity index (χ4v) is 1.42. The highest BCUT2D eigenvalue weighted by Gasteiger charge is 2.24. The molecule has 0 fully saturated rings. The van der Waals surface area contributed by atoms with Crippen molar-refractivity contribution in [2.75, 3.05) is 0 Å². The number of aromatic nitrogens is 2. The monoisotopic (exact) mass is 265 g/mol. The van der Waals surface area contributed by atoms with Gasteiger partial charge in [-0.3, -0.25) is 14.9 Å². The lowest BCUT2D eigenvalue weighted by Crippen LogP contribution is -2.00. The number of nitro benzene ring substituents is 1. The molecule has 0 bridgehead atoms. The summed E-state index contributed by atoms with van der Waals surface area (Å²) in [6, 6.07) is 1.47. The highest BCUT2D eigenvalue weighted by molar-refractivity contribution is 5.74. The topological polar surface area (TPSA) is 86.0 Å². The molecule has 6 nitrogen and oxygen atoms in total. The van der Waals surface area contributed by atoms with Crippen LogP contribution in [0.25, 0.3) is 11.4 Å². The summed E-state index contributed by atoms with van der Waals surface area (Å²) < 4.78 is 27.4. The maximum atomic E-state index is 13.8. The van der Waals surface area contributed by atoms with Crippen LogP contribution in [0.3, 0.4) is 0 Å². The van der Waals surface area contributed by atoms with Gasteiger partial charge in [0, 0.05) is 18.5 Å². The van der Waals surface area contributed by atoms with Crippen LogP contribution in [0.15, 0.2) is 24.5 Å². The lowest BCUT2D eigenvalue weighted by Gasteiger charge is -2.03. The van der Waals surface area contributed by atoms with E-state index in [1.165, 1.54) is 0 Å². The lowest BCUT2D eigenvalue weighted by atomic mass is 10.1. The zero-order chi connectivity index (χ0) is 14.0. The van der Waals surface area contributed by atoms with E-state index in [2.05, 4.69) is 9.97 Å². The summed E-state index contributed by atoms with van der Waals surface area (Å²) in [6.45, 7) is 0. The Labute approximate surface area is 104 Å². The van der Waals surface area contributed by atoms with Crippen molar-refractivity contribution in [3.05, 3.63) is 51.8 Å². The molecule has 1 aromatic heterocycles. The highest BCUT2D eigenvalue weighted by Crippen LogP contribution is 2.29. The fourth-order valence-electron chi connectivity index (χ4n) is 1.42. The largest absolute Gasteiger partial charge is 0.305 e. The summed E-state index contributed by atoms with van der Waals surface area (Å²) >= 11 is 0. The van der Waals surface area contributed by atoms with Crippen molar-refractivity contribution in [2.45, 2.75) is 0 Å². The van der Waals surface area contributed by atoms with Gasteiger partial charge in [0.2, 0.25) is 5.82 Å². The van der Waals surface area contributed by atoms with Gasteiger partial charge in [0.25, 0.3) is 0 Å². The molecule has 0 saturated carbocycles. The average molecular weight is 265 g/mol. The van der Waals surface area contributed by atoms with E-state index in [1.807, 2.05) is 0 Å². The first-order chi connectivity index (χ1) is 9.04. The molecule has 0 unspecified atom stereocenters. The minimum absolute atomic E-state index is 0.120. The van der Waals surface area contributed by atoms with Crippen LogP contribution in [0.4, 0.5) is 14.5 Å². The Hall–Kier alpha value is -2.77. The Morgan fingerprint density at radius 2 is 1.84 bits per heavy atom. The van der Waals surface area contributed by atoms with E-state index in [9.17, 15) is 23.7 Å². The number of aldehydes is 1. The molecule has 0 N–H and O–H groups in total. The van der Waals surface area contributed by atoms with Crippen LogP contribution < -0.4 is 0 Å². The molecule has 96 valence electrons. The smallest absolute Gasteiger partial charge is 0.298 e. The van der Waals surface area contributed by atoms with E-state index in [0.717, 1.165) is 18.5 Å². The number of nitrogens with zero attached hydrogens (tertiary/aromatic N) is 3. The number of carbonyl (C=O) groups is 1. The summed E-state index contributed by atoms with van der Waals surface area (Å²) in [5.74, 6) is -2.75. The summed E-state index contributed by atoms with van der Waals surface area (Å²) in [5, 5.41) is 10.6. The first-order valence-corrected chi connectivity index (χ1v) is 4.94. The molecule has 0 radical (unpaired) electrons. The maximum Gasteiger partial charge on any atom is 0.305 e. The minimum atomic E-state index is -1.36. The average Bonchev–Trinajstić information content (AvgIpc) is 2.39. The molecule has 0 atom stereocenters. The summed E-state index contributed by atoms with van der Waals surface area (Å²) in [6.07, 6.45) is 2.59. The summed E-state index contributed by atoms with van der Waals surface area (Å²) in [5.41, 5.74) is -1.46. The van der Waals surface area contributed by atoms with Gasteiger partial charge in [-0.15, -0.1) is 0 Å². The molecular weight excluding hydrogens is 260 g/mol. The predicted molar refractivity (Wildman–Crippen MR) is 59.4 cm³/mol. The van der Waals surface area contributed by atoms with Crippen LogP contribution in [0.5, 0.6) is 0 Å². The standard InChI is InChI=1S/C11H5F2N3O3/c12-7-1-2-8(16(18)19)10(13)9(7)11-14-3-6(5-17)4-15-11/h1-5H. The van der Waals surface area contributed by atoms with Crippen molar-refractivity contribution >= 4 is 12.0 Å². The molecule has 1 aromatic carbocycles. The Morgan fingerprint density at radius 1 is 1.21 bits per heavy atom. The lowest BCUT2D eigenvalue weighted by molar-refractivity contribution is -0.387. The van der Waals surface area contributed by atoms with E-state index in [-0.39, 0.29) is 11.4 Å². The molecule has 0 aliphatic carbocycles. The van der Waals surface area contributed by atoms with Crippen LogP contribution in [-0.4, -0.2) is 21.2 Å². The van der Waals surface area contributed by atoms with Crippen LogP contribution >= 0.6 is 0 Å². The van der Waals surface area contributed by atoms with Gasteiger partial charge in [-0.1, -0.05) is 0 Å². The molecule has 0 saturated heterocycles. The SMILES string of the molecule is O=Cc1cnc(-c2c(F)ccc([N+](=O)[O-])c2F)nc1. The van der Waals surface area contributed by atoms with Crippen LogP contribution in [0.1, 0.15) is 10.4 Å². The first-order valence-electron chi connectivity index (χ1n) is 4.94. The second kappa shape index (κ2) is 4.84. The zero-order valence-corrected chi connectivity index (χ0v) is 9.21. The third-order valence-electron chi connectivity index (χ3n) is 2.30. The van der Waals surface area contributed by atoms with E-state index in [4.69, 9.17) is 0 Å². The van der Waals surface area contributed by atoms with Crippen LogP contribution in [0, 0.1) is 21.7 Å². The number of nitro groups is 1. The Bertz CT molecular complexity index is 659. The number of carbonyl (C=O) groups excluding carboxylic acids is 1.